The van der Waals surface area contributed by atoms with E-state index in [4.69, 9.17) is 5.73 Å². The predicted octanol–water partition coefficient (Wildman–Crippen LogP) is 2.45. The summed E-state index contributed by atoms with van der Waals surface area (Å²) in [6, 6.07) is 5.34. The van der Waals surface area contributed by atoms with Gasteiger partial charge in [-0.1, -0.05) is 12.8 Å². The van der Waals surface area contributed by atoms with Crippen LogP contribution in [-0.2, 0) is 15.6 Å². The number of nitrogen functional groups attached to an aromatic ring is 1. The standard InChI is InChI=1S/C15H22N2O2S/c1-11-8-13(16)6-7-14(11)17-15(18)10-20(19)9-12-4-2-3-5-12/h6-8,12H,2-5,9-10,16H2,1H3,(H,17,18). The van der Waals surface area contributed by atoms with Crippen LogP contribution in [0.5, 0.6) is 0 Å². The molecule has 5 heteroatoms. The predicted molar refractivity (Wildman–Crippen MR) is 84.1 cm³/mol. The Morgan fingerprint density at radius 1 is 1.40 bits per heavy atom. The number of aryl methyl sites for hydroxylation is 1. The second-order valence-electron chi connectivity index (χ2n) is 5.52. The van der Waals surface area contributed by atoms with Crippen molar-refractivity contribution in [3.05, 3.63) is 23.8 Å². The maximum atomic E-state index is 12.0. The molecule has 0 aliphatic heterocycles. The van der Waals surface area contributed by atoms with Crippen LogP contribution in [0.25, 0.3) is 0 Å². The van der Waals surface area contributed by atoms with E-state index in [0.29, 0.717) is 17.4 Å². The summed E-state index contributed by atoms with van der Waals surface area (Å²) >= 11 is 0. The van der Waals surface area contributed by atoms with Gasteiger partial charge in [-0.05, 0) is 49.4 Å². The van der Waals surface area contributed by atoms with Crippen LogP contribution in [0.15, 0.2) is 18.2 Å². The molecule has 0 aromatic heterocycles. The molecule has 1 aliphatic rings. The summed E-state index contributed by atoms with van der Waals surface area (Å²) in [5.41, 5.74) is 8.00. The van der Waals surface area contributed by atoms with E-state index in [1.54, 1.807) is 12.1 Å². The summed E-state index contributed by atoms with van der Waals surface area (Å²) in [6.45, 7) is 1.89. The van der Waals surface area contributed by atoms with Crippen LogP contribution >= 0.6 is 0 Å². The summed E-state index contributed by atoms with van der Waals surface area (Å²) < 4.78 is 12.0. The smallest absolute Gasteiger partial charge is 0.236 e. The lowest BCUT2D eigenvalue weighted by Gasteiger charge is -2.10. The Balaban J connectivity index is 1.83. The molecule has 1 atom stereocenters. The highest BCUT2D eigenvalue weighted by atomic mass is 32.2. The molecule has 110 valence electrons. The van der Waals surface area contributed by atoms with Gasteiger partial charge in [-0.15, -0.1) is 0 Å². The minimum atomic E-state index is -1.06. The highest BCUT2D eigenvalue weighted by Crippen LogP contribution is 2.25. The Hall–Kier alpha value is -1.36. The Morgan fingerprint density at radius 3 is 2.75 bits per heavy atom. The number of nitrogens with two attached hydrogens (primary N) is 1. The Bertz CT molecular complexity index is 511. The highest BCUT2D eigenvalue weighted by Gasteiger charge is 2.19. The van der Waals surface area contributed by atoms with Crippen LogP contribution in [0.4, 0.5) is 11.4 Å². The zero-order chi connectivity index (χ0) is 14.5. The van der Waals surface area contributed by atoms with Crippen molar-refractivity contribution in [2.24, 2.45) is 5.92 Å². The highest BCUT2D eigenvalue weighted by molar-refractivity contribution is 7.85. The minimum absolute atomic E-state index is 0.0836. The zero-order valence-electron chi connectivity index (χ0n) is 11.9. The van der Waals surface area contributed by atoms with Gasteiger partial charge in [0, 0.05) is 27.9 Å². The van der Waals surface area contributed by atoms with Crippen LogP contribution in [0.2, 0.25) is 0 Å². The number of rotatable bonds is 5. The van der Waals surface area contributed by atoms with E-state index in [-0.39, 0.29) is 11.7 Å². The molecule has 0 bridgehead atoms. The van der Waals surface area contributed by atoms with Gasteiger partial charge in [0.2, 0.25) is 5.91 Å². The third kappa shape index (κ3) is 4.34. The van der Waals surface area contributed by atoms with Crippen molar-refractivity contribution in [3.63, 3.8) is 0 Å². The van der Waals surface area contributed by atoms with Gasteiger partial charge in [0.25, 0.3) is 0 Å². The summed E-state index contributed by atoms with van der Waals surface area (Å²) in [5.74, 6) is 1.10. The fourth-order valence-corrected chi connectivity index (χ4v) is 4.00. The lowest BCUT2D eigenvalue weighted by molar-refractivity contribution is -0.113. The molecule has 0 heterocycles. The molecular formula is C15H22N2O2S. The van der Waals surface area contributed by atoms with E-state index in [1.165, 1.54) is 12.8 Å². The van der Waals surface area contributed by atoms with Crippen molar-refractivity contribution in [1.29, 1.82) is 0 Å². The largest absolute Gasteiger partial charge is 0.399 e. The normalized spacial score (nSPS) is 17.1. The topological polar surface area (TPSA) is 72.2 Å². The molecule has 0 radical (unpaired) electrons. The molecule has 1 fully saturated rings. The fourth-order valence-electron chi connectivity index (χ4n) is 2.66. The maximum absolute atomic E-state index is 12.0. The average molecular weight is 294 g/mol. The van der Waals surface area contributed by atoms with Gasteiger partial charge in [-0.2, -0.15) is 0 Å². The Kier molecular flexibility index (Phi) is 5.17. The Labute approximate surface area is 122 Å². The van der Waals surface area contributed by atoms with Crippen molar-refractivity contribution in [1.82, 2.24) is 0 Å². The van der Waals surface area contributed by atoms with Crippen LogP contribution in [0, 0.1) is 12.8 Å². The third-order valence-corrected chi connectivity index (χ3v) is 5.14. The summed E-state index contributed by atoms with van der Waals surface area (Å²) in [5, 5.41) is 2.81. The molecule has 1 aromatic rings. The number of carbonyl (C=O) groups is 1. The van der Waals surface area contributed by atoms with Crippen LogP contribution < -0.4 is 11.1 Å². The molecular weight excluding hydrogens is 272 g/mol. The van der Waals surface area contributed by atoms with Crippen LogP contribution in [-0.4, -0.2) is 21.6 Å². The monoisotopic (exact) mass is 294 g/mol. The quantitative estimate of drug-likeness (QED) is 0.819. The first-order valence-electron chi connectivity index (χ1n) is 7.05. The first kappa shape index (κ1) is 15.0. The average Bonchev–Trinajstić information content (AvgIpc) is 2.85. The number of nitrogens with one attached hydrogen (secondary N) is 1. The lowest BCUT2D eigenvalue weighted by atomic mass is 10.1. The Morgan fingerprint density at radius 2 is 2.10 bits per heavy atom. The van der Waals surface area contributed by atoms with Crippen molar-refractivity contribution < 1.29 is 9.00 Å². The van der Waals surface area contributed by atoms with Gasteiger partial charge in [0.1, 0.15) is 5.75 Å². The van der Waals surface area contributed by atoms with E-state index < -0.39 is 10.8 Å². The summed E-state index contributed by atoms with van der Waals surface area (Å²) in [7, 11) is -1.06. The number of carbonyl (C=O) groups excluding carboxylic acids is 1. The molecule has 1 unspecified atom stereocenters. The van der Waals surface area contributed by atoms with Gasteiger partial charge in [0.15, 0.2) is 0 Å². The molecule has 3 N–H and O–H groups in total. The first-order valence-corrected chi connectivity index (χ1v) is 8.54. The van der Waals surface area contributed by atoms with Gasteiger partial charge in [-0.25, -0.2) is 0 Å². The molecule has 1 aromatic carbocycles. The molecule has 1 aliphatic carbocycles. The minimum Gasteiger partial charge on any atom is -0.399 e. The summed E-state index contributed by atoms with van der Waals surface area (Å²) in [4.78, 5) is 11.9. The molecule has 1 amide bonds. The summed E-state index contributed by atoms with van der Waals surface area (Å²) in [6.07, 6.45) is 4.78. The fraction of sp³-hybridized carbons (Fsp3) is 0.533. The van der Waals surface area contributed by atoms with Crippen molar-refractivity contribution in [3.8, 4) is 0 Å². The zero-order valence-corrected chi connectivity index (χ0v) is 12.7. The van der Waals surface area contributed by atoms with Crippen LogP contribution in [0.1, 0.15) is 31.2 Å². The number of amides is 1. The molecule has 20 heavy (non-hydrogen) atoms. The van der Waals surface area contributed by atoms with E-state index in [2.05, 4.69) is 5.32 Å². The van der Waals surface area contributed by atoms with Gasteiger partial charge in [0.05, 0.1) is 0 Å². The van der Waals surface area contributed by atoms with E-state index in [9.17, 15) is 9.00 Å². The van der Waals surface area contributed by atoms with Gasteiger partial charge >= 0.3 is 0 Å². The van der Waals surface area contributed by atoms with E-state index in [0.717, 1.165) is 24.1 Å². The number of benzene rings is 1. The molecule has 0 spiro atoms. The van der Waals surface area contributed by atoms with Crippen molar-refractivity contribution >= 4 is 28.1 Å². The third-order valence-electron chi connectivity index (χ3n) is 3.71. The second kappa shape index (κ2) is 6.88. The second-order valence-corrected chi connectivity index (χ2v) is 7.03. The molecule has 1 saturated carbocycles. The van der Waals surface area contributed by atoms with Crippen LogP contribution in [0.3, 0.4) is 0 Å². The van der Waals surface area contributed by atoms with Gasteiger partial charge in [-0.3, -0.25) is 9.00 Å². The van der Waals surface area contributed by atoms with Crippen molar-refractivity contribution in [2.45, 2.75) is 32.6 Å². The molecule has 0 saturated heterocycles. The van der Waals surface area contributed by atoms with E-state index in [1.807, 2.05) is 13.0 Å². The van der Waals surface area contributed by atoms with E-state index >= 15 is 0 Å². The lowest BCUT2D eigenvalue weighted by Crippen LogP contribution is -2.23. The number of hydrogen-bond acceptors (Lipinski definition) is 3. The number of anilines is 2. The first-order chi connectivity index (χ1) is 9.54. The number of hydrogen-bond donors (Lipinski definition) is 2. The molecule has 2 rings (SSSR count). The SMILES string of the molecule is Cc1cc(N)ccc1NC(=O)CS(=O)CC1CCCC1. The molecule has 4 nitrogen and oxygen atoms in total. The van der Waals surface area contributed by atoms with Crippen molar-refractivity contribution in [2.75, 3.05) is 22.6 Å². The van der Waals surface area contributed by atoms with Gasteiger partial charge < -0.3 is 11.1 Å². The maximum Gasteiger partial charge on any atom is 0.236 e.